The summed E-state index contributed by atoms with van der Waals surface area (Å²) < 4.78 is 0. The van der Waals surface area contributed by atoms with Crippen LogP contribution >= 0.6 is 22.9 Å². The van der Waals surface area contributed by atoms with Crippen molar-refractivity contribution in [2.75, 3.05) is 10.6 Å². The Kier molecular flexibility index (Phi) is 8.19. The standard InChI is InChI=1S/C23H26ClN5O2S/c1-4-14(3)19(26-22(31)25-18-11-9-15(5-2)10-12-18)20(30)27-23-29-28-21(32-23)16-7-6-8-17(24)13-16/h6-14,19H,4-5H2,1-3H3,(H2,25,26,31)(H,27,29,30). The van der Waals surface area contributed by atoms with Gasteiger partial charge in [-0.05, 0) is 42.2 Å². The highest BCUT2D eigenvalue weighted by Gasteiger charge is 2.27. The van der Waals surface area contributed by atoms with E-state index in [-0.39, 0.29) is 11.8 Å². The van der Waals surface area contributed by atoms with Gasteiger partial charge in [-0.3, -0.25) is 10.1 Å². The lowest BCUT2D eigenvalue weighted by atomic mass is 9.98. The van der Waals surface area contributed by atoms with E-state index < -0.39 is 12.1 Å². The average Bonchev–Trinajstić information content (AvgIpc) is 3.26. The first-order valence-electron chi connectivity index (χ1n) is 10.5. The normalized spacial score (nSPS) is 12.6. The van der Waals surface area contributed by atoms with E-state index in [4.69, 9.17) is 11.6 Å². The van der Waals surface area contributed by atoms with E-state index in [9.17, 15) is 9.59 Å². The Morgan fingerprint density at radius 3 is 2.47 bits per heavy atom. The maximum atomic E-state index is 12.9. The predicted molar refractivity (Wildman–Crippen MR) is 130 cm³/mol. The number of carbonyl (C=O) groups is 2. The third-order valence-corrected chi connectivity index (χ3v) is 6.25. The summed E-state index contributed by atoms with van der Waals surface area (Å²) in [5, 5.41) is 18.1. The van der Waals surface area contributed by atoms with Crippen LogP contribution in [0.4, 0.5) is 15.6 Å². The van der Waals surface area contributed by atoms with Gasteiger partial charge in [-0.25, -0.2) is 4.79 Å². The number of aryl methyl sites for hydroxylation is 1. The van der Waals surface area contributed by atoms with Gasteiger partial charge in [-0.2, -0.15) is 0 Å². The van der Waals surface area contributed by atoms with Crippen LogP contribution in [0.3, 0.4) is 0 Å². The van der Waals surface area contributed by atoms with E-state index in [0.717, 1.165) is 12.0 Å². The zero-order valence-electron chi connectivity index (χ0n) is 18.2. The van der Waals surface area contributed by atoms with Gasteiger partial charge in [0.05, 0.1) is 0 Å². The van der Waals surface area contributed by atoms with Crippen molar-refractivity contribution in [3.63, 3.8) is 0 Å². The topological polar surface area (TPSA) is 96.0 Å². The van der Waals surface area contributed by atoms with Crippen molar-refractivity contribution in [3.8, 4) is 10.6 Å². The molecule has 0 fully saturated rings. The maximum absolute atomic E-state index is 12.9. The van der Waals surface area contributed by atoms with Crippen LogP contribution < -0.4 is 16.0 Å². The third kappa shape index (κ3) is 6.27. The summed E-state index contributed by atoms with van der Waals surface area (Å²) in [5.74, 6) is -0.423. The second kappa shape index (κ2) is 11.1. The number of amides is 3. The van der Waals surface area contributed by atoms with Crippen LogP contribution in [0, 0.1) is 5.92 Å². The van der Waals surface area contributed by atoms with Gasteiger partial charge >= 0.3 is 6.03 Å². The smallest absolute Gasteiger partial charge is 0.319 e. The Balaban J connectivity index is 1.66. The molecule has 0 aliphatic heterocycles. The minimum absolute atomic E-state index is 0.0801. The summed E-state index contributed by atoms with van der Waals surface area (Å²) in [5.41, 5.74) is 2.67. The van der Waals surface area contributed by atoms with Crippen LogP contribution in [-0.2, 0) is 11.2 Å². The fourth-order valence-corrected chi connectivity index (χ4v) is 3.96. The zero-order chi connectivity index (χ0) is 23.1. The van der Waals surface area contributed by atoms with Gasteiger partial charge in [0.15, 0.2) is 0 Å². The third-order valence-electron chi connectivity index (χ3n) is 5.13. The monoisotopic (exact) mass is 471 g/mol. The summed E-state index contributed by atoms with van der Waals surface area (Å²) in [6.45, 7) is 5.95. The van der Waals surface area contributed by atoms with Gasteiger partial charge in [0.1, 0.15) is 11.0 Å². The molecule has 1 heterocycles. The SMILES string of the molecule is CCc1ccc(NC(=O)NC(C(=O)Nc2nnc(-c3cccc(Cl)c3)s2)C(C)CC)cc1. The molecule has 0 radical (unpaired) electrons. The Labute approximate surface area is 196 Å². The fourth-order valence-electron chi connectivity index (χ4n) is 3.03. The molecule has 0 saturated carbocycles. The van der Waals surface area contributed by atoms with Crippen LogP contribution in [0.2, 0.25) is 5.02 Å². The molecule has 3 aromatic rings. The molecule has 0 bridgehead atoms. The highest BCUT2D eigenvalue weighted by atomic mass is 35.5. The van der Waals surface area contributed by atoms with Crippen molar-refractivity contribution in [2.45, 2.75) is 39.7 Å². The number of benzene rings is 2. The average molecular weight is 472 g/mol. The number of hydrogen-bond acceptors (Lipinski definition) is 5. The molecule has 3 N–H and O–H groups in total. The highest BCUT2D eigenvalue weighted by Crippen LogP contribution is 2.28. The van der Waals surface area contributed by atoms with E-state index >= 15 is 0 Å². The molecule has 2 atom stereocenters. The first kappa shape index (κ1) is 23.7. The summed E-state index contributed by atoms with van der Waals surface area (Å²) in [7, 11) is 0. The molecule has 0 aliphatic carbocycles. The Bertz CT molecular complexity index is 1070. The lowest BCUT2D eigenvalue weighted by Crippen LogP contribution is -2.49. The van der Waals surface area contributed by atoms with E-state index in [1.807, 2.05) is 50.2 Å². The van der Waals surface area contributed by atoms with Crippen molar-refractivity contribution in [1.82, 2.24) is 15.5 Å². The van der Waals surface area contributed by atoms with Crippen molar-refractivity contribution in [3.05, 3.63) is 59.1 Å². The Hall–Kier alpha value is -2.97. The van der Waals surface area contributed by atoms with Gasteiger partial charge in [0, 0.05) is 16.3 Å². The number of urea groups is 1. The largest absolute Gasteiger partial charge is 0.326 e. The molecule has 3 rings (SSSR count). The summed E-state index contributed by atoms with van der Waals surface area (Å²) >= 11 is 7.28. The second-order valence-electron chi connectivity index (χ2n) is 7.42. The number of halogens is 1. The number of aromatic nitrogens is 2. The number of nitrogens with zero attached hydrogens (tertiary/aromatic N) is 2. The van der Waals surface area contributed by atoms with Gasteiger partial charge in [-0.1, -0.05) is 74.4 Å². The Morgan fingerprint density at radius 2 is 1.81 bits per heavy atom. The molecule has 0 aliphatic rings. The predicted octanol–water partition coefficient (Wildman–Crippen LogP) is 5.60. The van der Waals surface area contributed by atoms with Crippen molar-refractivity contribution >= 4 is 45.7 Å². The zero-order valence-corrected chi connectivity index (χ0v) is 19.8. The van der Waals surface area contributed by atoms with Crippen molar-refractivity contribution in [1.29, 1.82) is 0 Å². The molecule has 7 nitrogen and oxygen atoms in total. The van der Waals surface area contributed by atoms with Crippen LogP contribution in [-0.4, -0.2) is 28.2 Å². The molecule has 2 aromatic carbocycles. The van der Waals surface area contributed by atoms with Gasteiger partial charge in [-0.15, -0.1) is 10.2 Å². The van der Waals surface area contributed by atoms with Crippen LogP contribution in [0.25, 0.3) is 10.6 Å². The van der Waals surface area contributed by atoms with E-state index in [1.165, 1.54) is 16.9 Å². The number of hydrogen-bond donors (Lipinski definition) is 3. The minimum atomic E-state index is -0.728. The quantitative estimate of drug-likeness (QED) is 0.398. The number of nitrogens with one attached hydrogen (secondary N) is 3. The van der Waals surface area contributed by atoms with Crippen molar-refractivity contribution in [2.24, 2.45) is 5.92 Å². The molecule has 32 heavy (non-hydrogen) atoms. The number of carbonyl (C=O) groups excluding carboxylic acids is 2. The number of rotatable bonds is 8. The summed E-state index contributed by atoms with van der Waals surface area (Å²) in [4.78, 5) is 25.5. The summed E-state index contributed by atoms with van der Waals surface area (Å²) in [6.07, 6.45) is 1.64. The fraction of sp³-hybridized carbons (Fsp3) is 0.304. The van der Waals surface area contributed by atoms with E-state index in [0.29, 0.717) is 27.3 Å². The van der Waals surface area contributed by atoms with Crippen LogP contribution in [0.1, 0.15) is 32.8 Å². The molecule has 168 valence electrons. The lowest BCUT2D eigenvalue weighted by molar-refractivity contribution is -0.119. The Morgan fingerprint density at radius 1 is 1.06 bits per heavy atom. The molecular weight excluding hydrogens is 446 g/mol. The van der Waals surface area contributed by atoms with Crippen molar-refractivity contribution < 1.29 is 9.59 Å². The molecule has 9 heteroatoms. The van der Waals surface area contributed by atoms with Gasteiger partial charge in [0.2, 0.25) is 11.0 Å². The van der Waals surface area contributed by atoms with E-state index in [2.05, 4.69) is 33.1 Å². The van der Waals surface area contributed by atoms with Gasteiger partial charge in [0.25, 0.3) is 0 Å². The van der Waals surface area contributed by atoms with Crippen LogP contribution in [0.15, 0.2) is 48.5 Å². The molecular formula is C23H26ClN5O2S. The lowest BCUT2D eigenvalue weighted by Gasteiger charge is -2.23. The molecule has 1 aromatic heterocycles. The first-order valence-corrected chi connectivity index (χ1v) is 11.7. The molecule has 3 amide bonds. The highest BCUT2D eigenvalue weighted by molar-refractivity contribution is 7.18. The maximum Gasteiger partial charge on any atom is 0.319 e. The van der Waals surface area contributed by atoms with E-state index in [1.54, 1.807) is 12.1 Å². The second-order valence-corrected chi connectivity index (χ2v) is 8.84. The molecule has 0 saturated heterocycles. The minimum Gasteiger partial charge on any atom is -0.326 e. The molecule has 2 unspecified atom stereocenters. The summed E-state index contributed by atoms with van der Waals surface area (Å²) in [6, 6.07) is 13.7. The van der Waals surface area contributed by atoms with Gasteiger partial charge < -0.3 is 10.6 Å². The number of anilines is 2. The first-order chi connectivity index (χ1) is 15.4. The molecule has 0 spiro atoms. The van der Waals surface area contributed by atoms with Crippen LogP contribution in [0.5, 0.6) is 0 Å².